The van der Waals surface area contributed by atoms with E-state index in [1.807, 2.05) is 20.8 Å². The molecule has 0 aromatic rings. The lowest BCUT2D eigenvalue weighted by Crippen LogP contribution is -2.49. The lowest BCUT2D eigenvalue weighted by atomic mass is 9.84. The maximum Gasteiger partial charge on any atom is 0.410 e. The molecule has 0 saturated carbocycles. The van der Waals surface area contributed by atoms with Crippen molar-refractivity contribution in [1.29, 1.82) is 0 Å². The largest absolute Gasteiger partial charge is 0.444 e. The fourth-order valence-electron chi connectivity index (χ4n) is 2.22. The van der Waals surface area contributed by atoms with Gasteiger partial charge in [-0.25, -0.2) is 4.79 Å². The molecule has 100 valence electrons. The van der Waals surface area contributed by atoms with Crippen molar-refractivity contribution in [1.82, 2.24) is 4.90 Å². The fourth-order valence-corrected chi connectivity index (χ4v) is 2.22. The van der Waals surface area contributed by atoms with Gasteiger partial charge in [-0.05, 0) is 39.0 Å². The van der Waals surface area contributed by atoms with Gasteiger partial charge in [0.1, 0.15) is 5.60 Å². The number of carbonyl (C=O) groups excluding carboxylic acids is 1. The molecule has 0 radical (unpaired) electrons. The number of amides is 1. The highest BCUT2D eigenvalue weighted by molar-refractivity contribution is 5.68. The lowest BCUT2D eigenvalue weighted by Gasteiger charge is -2.38. The van der Waals surface area contributed by atoms with Gasteiger partial charge in [-0.3, -0.25) is 0 Å². The zero-order valence-corrected chi connectivity index (χ0v) is 11.6. The van der Waals surface area contributed by atoms with E-state index in [1.54, 1.807) is 4.90 Å². The zero-order valence-electron chi connectivity index (χ0n) is 11.6. The number of likely N-dealkylation sites (tertiary alicyclic amines) is 1. The number of rotatable bonds is 1. The van der Waals surface area contributed by atoms with Crippen molar-refractivity contribution < 1.29 is 14.6 Å². The van der Waals surface area contributed by atoms with E-state index in [0.717, 1.165) is 6.42 Å². The van der Waals surface area contributed by atoms with Gasteiger partial charge in [0.25, 0.3) is 0 Å². The Morgan fingerprint density at radius 1 is 1.41 bits per heavy atom. The van der Waals surface area contributed by atoms with Crippen LogP contribution in [-0.2, 0) is 4.74 Å². The van der Waals surface area contributed by atoms with Gasteiger partial charge >= 0.3 is 6.09 Å². The first-order valence-corrected chi connectivity index (χ1v) is 6.36. The Morgan fingerprint density at radius 3 is 2.41 bits per heavy atom. The van der Waals surface area contributed by atoms with Crippen LogP contribution in [0.3, 0.4) is 0 Å². The summed E-state index contributed by atoms with van der Waals surface area (Å²) < 4.78 is 5.30. The van der Waals surface area contributed by atoms with Gasteiger partial charge in [-0.2, -0.15) is 0 Å². The molecule has 4 heteroatoms. The number of piperidine rings is 1. The van der Waals surface area contributed by atoms with Gasteiger partial charge in [0.05, 0.1) is 12.6 Å². The molecule has 4 nitrogen and oxygen atoms in total. The standard InChI is InChI=1S/C13H25NO3/c1-9(2)10-6-7-14(8-11(10)15)12(16)17-13(3,4)5/h9-11,15H,6-8H2,1-5H3. The van der Waals surface area contributed by atoms with Crippen molar-refractivity contribution in [2.75, 3.05) is 13.1 Å². The summed E-state index contributed by atoms with van der Waals surface area (Å²) in [5.41, 5.74) is -0.475. The quantitative estimate of drug-likeness (QED) is 0.768. The summed E-state index contributed by atoms with van der Waals surface area (Å²) in [7, 11) is 0. The van der Waals surface area contributed by atoms with Crippen LogP contribution in [-0.4, -0.2) is 40.9 Å². The third-order valence-corrected chi connectivity index (χ3v) is 3.14. The van der Waals surface area contributed by atoms with Gasteiger partial charge in [0.2, 0.25) is 0 Å². The van der Waals surface area contributed by atoms with Crippen LogP contribution in [0.4, 0.5) is 4.79 Å². The summed E-state index contributed by atoms with van der Waals surface area (Å²) in [6, 6.07) is 0. The lowest BCUT2D eigenvalue weighted by molar-refractivity contribution is -0.0214. The number of ether oxygens (including phenoxy) is 1. The minimum absolute atomic E-state index is 0.286. The van der Waals surface area contributed by atoms with Crippen molar-refractivity contribution in [3.8, 4) is 0 Å². The Balaban J connectivity index is 2.52. The fraction of sp³-hybridized carbons (Fsp3) is 0.923. The maximum absolute atomic E-state index is 11.8. The Labute approximate surface area is 104 Å². The molecule has 1 N–H and O–H groups in total. The van der Waals surface area contributed by atoms with Crippen LogP contribution in [0.25, 0.3) is 0 Å². The maximum atomic E-state index is 11.8. The number of hydrogen-bond donors (Lipinski definition) is 1. The molecule has 1 amide bonds. The Hall–Kier alpha value is -0.770. The first-order chi connectivity index (χ1) is 7.70. The van der Waals surface area contributed by atoms with E-state index in [1.165, 1.54) is 0 Å². The molecule has 2 unspecified atom stereocenters. The van der Waals surface area contributed by atoms with Crippen LogP contribution < -0.4 is 0 Å². The molecule has 1 aliphatic rings. The van der Waals surface area contributed by atoms with Crippen molar-refractivity contribution in [3.05, 3.63) is 0 Å². The topological polar surface area (TPSA) is 49.8 Å². The van der Waals surface area contributed by atoms with E-state index in [9.17, 15) is 9.90 Å². The minimum Gasteiger partial charge on any atom is -0.444 e. The first kappa shape index (κ1) is 14.3. The molecule has 1 aliphatic heterocycles. The summed E-state index contributed by atoms with van der Waals surface area (Å²) in [5, 5.41) is 10.0. The summed E-state index contributed by atoms with van der Waals surface area (Å²) in [5.74, 6) is 0.736. The van der Waals surface area contributed by atoms with Crippen LogP contribution >= 0.6 is 0 Å². The van der Waals surface area contributed by atoms with Crippen LogP contribution in [0.2, 0.25) is 0 Å². The van der Waals surface area contributed by atoms with E-state index < -0.39 is 11.7 Å². The molecule has 0 aromatic heterocycles. The van der Waals surface area contributed by atoms with Crippen molar-refractivity contribution in [2.45, 2.75) is 52.7 Å². The van der Waals surface area contributed by atoms with Gasteiger partial charge in [0.15, 0.2) is 0 Å². The predicted octanol–water partition coefficient (Wildman–Crippen LogP) is 2.26. The number of hydrogen-bond acceptors (Lipinski definition) is 3. The Kier molecular flexibility index (Phi) is 4.42. The second-order valence-electron chi connectivity index (χ2n) is 6.19. The van der Waals surface area contributed by atoms with E-state index in [4.69, 9.17) is 4.74 Å². The molecule has 1 fully saturated rings. The van der Waals surface area contributed by atoms with Gasteiger partial charge in [-0.15, -0.1) is 0 Å². The molecule has 1 heterocycles. The number of aliphatic hydroxyl groups excluding tert-OH is 1. The summed E-state index contributed by atoms with van der Waals surface area (Å²) in [6.45, 7) is 10.8. The Bertz CT molecular complexity index is 270. The van der Waals surface area contributed by atoms with Gasteiger partial charge in [-0.1, -0.05) is 13.8 Å². The van der Waals surface area contributed by atoms with Crippen LogP contribution in [0.5, 0.6) is 0 Å². The van der Waals surface area contributed by atoms with E-state index >= 15 is 0 Å². The molecule has 17 heavy (non-hydrogen) atoms. The number of aliphatic hydroxyl groups is 1. The molecular weight excluding hydrogens is 218 g/mol. The van der Waals surface area contributed by atoms with Gasteiger partial charge < -0.3 is 14.7 Å². The Morgan fingerprint density at radius 2 is 2.00 bits per heavy atom. The minimum atomic E-state index is -0.475. The van der Waals surface area contributed by atoms with E-state index in [-0.39, 0.29) is 12.0 Å². The average Bonchev–Trinajstić information content (AvgIpc) is 2.14. The molecule has 0 bridgehead atoms. The second kappa shape index (κ2) is 5.25. The molecule has 2 atom stereocenters. The van der Waals surface area contributed by atoms with Crippen molar-refractivity contribution >= 4 is 6.09 Å². The van der Waals surface area contributed by atoms with Crippen molar-refractivity contribution in [2.24, 2.45) is 11.8 Å². The zero-order chi connectivity index (χ0) is 13.2. The van der Waals surface area contributed by atoms with E-state index in [2.05, 4.69) is 13.8 Å². The number of carbonyl (C=O) groups is 1. The van der Waals surface area contributed by atoms with Crippen LogP contribution in [0.1, 0.15) is 41.0 Å². The second-order valence-corrected chi connectivity index (χ2v) is 6.19. The number of nitrogens with zero attached hydrogens (tertiary/aromatic N) is 1. The van der Waals surface area contributed by atoms with Gasteiger partial charge in [0, 0.05) is 6.54 Å². The normalized spacial score (nSPS) is 26.2. The molecular formula is C13H25NO3. The highest BCUT2D eigenvalue weighted by Crippen LogP contribution is 2.25. The predicted molar refractivity (Wildman–Crippen MR) is 66.8 cm³/mol. The van der Waals surface area contributed by atoms with Crippen LogP contribution in [0.15, 0.2) is 0 Å². The van der Waals surface area contributed by atoms with Crippen LogP contribution in [0, 0.1) is 11.8 Å². The summed E-state index contributed by atoms with van der Waals surface area (Å²) in [4.78, 5) is 13.4. The summed E-state index contributed by atoms with van der Waals surface area (Å²) in [6.07, 6.45) is 0.0907. The smallest absolute Gasteiger partial charge is 0.410 e. The molecule has 0 spiro atoms. The monoisotopic (exact) mass is 243 g/mol. The molecule has 0 aromatic carbocycles. The average molecular weight is 243 g/mol. The van der Waals surface area contributed by atoms with Crippen molar-refractivity contribution in [3.63, 3.8) is 0 Å². The third-order valence-electron chi connectivity index (χ3n) is 3.14. The molecule has 1 rings (SSSR count). The molecule has 0 aliphatic carbocycles. The molecule has 1 saturated heterocycles. The first-order valence-electron chi connectivity index (χ1n) is 6.36. The van der Waals surface area contributed by atoms with E-state index in [0.29, 0.717) is 19.0 Å². The summed E-state index contributed by atoms with van der Waals surface area (Å²) >= 11 is 0. The number of β-amino-alcohol motifs (C(OH)–C–C–N with tert-alkyl or cyclic N) is 1. The highest BCUT2D eigenvalue weighted by Gasteiger charge is 2.33. The third kappa shape index (κ3) is 4.19. The highest BCUT2D eigenvalue weighted by atomic mass is 16.6. The SMILES string of the molecule is CC(C)C1CCN(C(=O)OC(C)(C)C)CC1O.